The fourth-order valence-corrected chi connectivity index (χ4v) is 4.01. The van der Waals surface area contributed by atoms with Gasteiger partial charge in [-0.2, -0.15) is 0 Å². The smallest absolute Gasteiger partial charge is 0.226 e. The molecule has 22 heavy (non-hydrogen) atoms. The molecule has 0 radical (unpaired) electrons. The van der Waals surface area contributed by atoms with Gasteiger partial charge in [0, 0.05) is 49.4 Å². The maximum Gasteiger partial charge on any atom is 0.226 e. The van der Waals surface area contributed by atoms with Crippen molar-refractivity contribution in [3.05, 3.63) is 46.5 Å². The fraction of sp³-hybridized carbons (Fsp3) is 0.471. The van der Waals surface area contributed by atoms with Crippen LogP contribution in [0.5, 0.6) is 0 Å². The molecule has 116 valence electrons. The summed E-state index contributed by atoms with van der Waals surface area (Å²) >= 11 is 1.80. The van der Waals surface area contributed by atoms with Crippen LogP contribution in [-0.2, 0) is 11.3 Å². The van der Waals surface area contributed by atoms with Gasteiger partial charge in [0.15, 0.2) is 0 Å². The molecule has 2 atom stereocenters. The van der Waals surface area contributed by atoms with Gasteiger partial charge in [-0.15, -0.1) is 11.3 Å². The predicted molar refractivity (Wildman–Crippen MR) is 85.7 cm³/mol. The second-order valence-corrected chi connectivity index (χ2v) is 7.18. The largest absolute Gasteiger partial charge is 0.469 e. The Morgan fingerprint density at radius 3 is 2.77 bits per heavy atom. The third kappa shape index (κ3) is 2.83. The Bertz CT molecular complexity index is 615. The fourth-order valence-electron chi connectivity index (χ4n) is 3.27. The number of thiophene rings is 1. The number of furan rings is 1. The van der Waals surface area contributed by atoms with Crippen molar-refractivity contribution < 1.29 is 9.21 Å². The van der Waals surface area contributed by atoms with Gasteiger partial charge in [-0.25, -0.2) is 0 Å². The van der Waals surface area contributed by atoms with E-state index >= 15 is 0 Å². The van der Waals surface area contributed by atoms with Crippen LogP contribution in [0.4, 0.5) is 0 Å². The molecule has 4 nitrogen and oxygen atoms in total. The lowest BCUT2D eigenvalue weighted by Crippen LogP contribution is -2.48. The number of hydrogen-bond acceptors (Lipinski definition) is 4. The van der Waals surface area contributed by atoms with Gasteiger partial charge >= 0.3 is 0 Å². The van der Waals surface area contributed by atoms with E-state index in [4.69, 9.17) is 4.42 Å². The summed E-state index contributed by atoms with van der Waals surface area (Å²) in [5.41, 5.74) is 0. The lowest BCUT2D eigenvalue weighted by molar-refractivity contribution is -0.134. The highest BCUT2D eigenvalue weighted by Crippen LogP contribution is 2.48. The van der Waals surface area contributed by atoms with E-state index in [1.54, 1.807) is 17.6 Å². The van der Waals surface area contributed by atoms with Crippen molar-refractivity contribution in [2.24, 2.45) is 5.92 Å². The van der Waals surface area contributed by atoms with Crippen LogP contribution >= 0.6 is 11.3 Å². The first-order valence-electron chi connectivity index (χ1n) is 7.88. The van der Waals surface area contributed by atoms with Crippen molar-refractivity contribution in [3.63, 3.8) is 0 Å². The van der Waals surface area contributed by atoms with E-state index in [9.17, 15) is 4.79 Å². The molecule has 4 rings (SSSR count). The molecule has 2 aliphatic rings. The zero-order chi connectivity index (χ0) is 14.9. The van der Waals surface area contributed by atoms with E-state index in [1.165, 1.54) is 4.88 Å². The highest BCUT2D eigenvalue weighted by molar-refractivity contribution is 7.09. The Kier molecular flexibility index (Phi) is 3.76. The Labute approximate surface area is 134 Å². The molecule has 2 aromatic heterocycles. The molecule has 0 unspecified atom stereocenters. The van der Waals surface area contributed by atoms with E-state index in [2.05, 4.69) is 22.4 Å². The zero-order valence-corrected chi connectivity index (χ0v) is 13.3. The minimum atomic E-state index is 0.148. The number of amides is 1. The molecule has 1 amide bonds. The summed E-state index contributed by atoms with van der Waals surface area (Å²) in [6.45, 7) is 4.67. The zero-order valence-electron chi connectivity index (χ0n) is 12.5. The average Bonchev–Trinajstić information content (AvgIpc) is 2.94. The Hall–Kier alpha value is -1.59. The summed E-state index contributed by atoms with van der Waals surface area (Å²) in [5.74, 6) is 1.74. The summed E-state index contributed by atoms with van der Waals surface area (Å²) < 4.78 is 5.42. The molecule has 0 spiro atoms. The van der Waals surface area contributed by atoms with Crippen LogP contribution in [0.3, 0.4) is 0 Å². The van der Waals surface area contributed by atoms with Gasteiger partial charge in [-0.1, -0.05) is 6.07 Å². The Balaban J connectivity index is 1.28. The molecule has 5 heteroatoms. The maximum absolute atomic E-state index is 12.6. The number of carbonyl (C=O) groups is 1. The van der Waals surface area contributed by atoms with Crippen LogP contribution in [0.15, 0.2) is 40.3 Å². The molecule has 0 bridgehead atoms. The lowest BCUT2D eigenvalue weighted by Gasteiger charge is -2.34. The van der Waals surface area contributed by atoms with Gasteiger partial charge in [0.1, 0.15) is 5.76 Å². The first kappa shape index (κ1) is 14.0. The quantitative estimate of drug-likeness (QED) is 0.870. The monoisotopic (exact) mass is 316 g/mol. The van der Waals surface area contributed by atoms with Crippen molar-refractivity contribution >= 4 is 17.2 Å². The van der Waals surface area contributed by atoms with Gasteiger partial charge in [0.25, 0.3) is 0 Å². The van der Waals surface area contributed by atoms with Gasteiger partial charge in [0.05, 0.1) is 6.26 Å². The van der Waals surface area contributed by atoms with Crippen LogP contribution in [0.25, 0.3) is 0 Å². The lowest BCUT2D eigenvalue weighted by atomic mass is 10.2. The minimum absolute atomic E-state index is 0.148. The van der Waals surface area contributed by atoms with Crippen LogP contribution in [0.2, 0.25) is 0 Å². The van der Waals surface area contributed by atoms with E-state index in [-0.39, 0.29) is 5.92 Å². The molecular weight excluding hydrogens is 296 g/mol. The van der Waals surface area contributed by atoms with E-state index in [0.29, 0.717) is 11.8 Å². The topological polar surface area (TPSA) is 36.7 Å². The number of hydrogen-bond donors (Lipinski definition) is 0. The predicted octanol–water partition coefficient (Wildman–Crippen LogP) is 2.79. The SMILES string of the molecule is O=C([C@H]1C[C@H]1c1ccco1)N1CCN(Cc2cccs2)CC1. The normalized spacial score (nSPS) is 25.4. The van der Waals surface area contributed by atoms with E-state index in [0.717, 1.165) is 44.9 Å². The molecule has 2 fully saturated rings. The van der Waals surface area contributed by atoms with E-state index < -0.39 is 0 Å². The van der Waals surface area contributed by atoms with Crippen molar-refractivity contribution in [1.82, 2.24) is 9.80 Å². The van der Waals surface area contributed by atoms with Crippen LogP contribution in [-0.4, -0.2) is 41.9 Å². The number of nitrogens with zero attached hydrogens (tertiary/aromatic N) is 2. The number of rotatable bonds is 4. The van der Waals surface area contributed by atoms with Crippen LogP contribution in [0, 0.1) is 5.92 Å². The summed E-state index contributed by atoms with van der Waals surface area (Å²) in [5, 5.41) is 2.12. The van der Waals surface area contributed by atoms with Crippen molar-refractivity contribution in [2.75, 3.05) is 26.2 Å². The first-order valence-corrected chi connectivity index (χ1v) is 8.76. The molecule has 1 saturated heterocycles. The Morgan fingerprint density at radius 2 is 2.09 bits per heavy atom. The standard InChI is InChI=1S/C17H20N2O2S/c20-17(15-11-14(15)16-4-1-9-21-16)19-7-5-18(6-8-19)12-13-3-2-10-22-13/h1-4,9-10,14-15H,5-8,11-12H2/t14-,15+/m1/s1. The molecule has 1 aliphatic heterocycles. The van der Waals surface area contributed by atoms with Gasteiger partial charge in [-0.3, -0.25) is 9.69 Å². The van der Waals surface area contributed by atoms with Crippen molar-refractivity contribution in [1.29, 1.82) is 0 Å². The molecule has 0 N–H and O–H groups in total. The van der Waals surface area contributed by atoms with Gasteiger partial charge < -0.3 is 9.32 Å². The molecule has 2 aromatic rings. The van der Waals surface area contributed by atoms with Crippen molar-refractivity contribution in [3.8, 4) is 0 Å². The van der Waals surface area contributed by atoms with Gasteiger partial charge in [-0.05, 0) is 30.0 Å². The highest BCUT2D eigenvalue weighted by Gasteiger charge is 2.47. The van der Waals surface area contributed by atoms with Gasteiger partial charge in [0.2, 0.25) is 5.91 Å². The van der Waals surface area contributed by atoms with Crippen LogP contribution < -0.4 is 0 Å². The minimum Gasteiger partial charge on any atom is -0.469 e. The Morgan fingerprint density at radius 1 is 1.23 bits per heavy atom. The molecular formula is C17H20N2O2S. The first-order chi connectivity index (χ1) is 10.8. The summed E-state index contributed by atoms with van der Waals surface area (Å²) in [6.07, 6.45) is 2.64. The second-order valence-electron chi connectivity index (χ2n) is 6.14. The molecule has 3 heterocycles. The highest BCUT2D eigenvalue weighted by atomic mass is 32.1. The number of carbonyl (C=O) groups excluding carboxylic acids is 1. The summed E-state index contributed by atoms with van der Waals surface area (Å²) in [4.78, 5) is 18.4. The summed E-state index contributed by atoms with van der Waals surface area (Å²) in [6, 6.07) is 8.16. The molecule has 0 aromatic carbocycles. The number of piperazine rings is 1. The molecule has 1 saturated carbocycles. The average molecular weight is 316 g/mol. The van der Waals surface area contributed by atoms with E-state index in [1.807, 2.05) is 17.0 Å². The summed E-state index contributed by atoms with van der Waals surface area (Å²) in [7, 11) is 0. The van der Waals surface area contributed by atoms with Crippen molar-refractivity contribution in [2.45, 2.75) is 18.9 Å². The molecule has 1 aliphatic carbocycles. The third-order valence-corrected chi connectivity index (χ3v) is 5.52. The third-order valence-electron chi connectivity index (χ3n) is 4.66. The second kappa shape index (κ2) is 5.89. The maximum atomic E-state index is 12.6. The van der Waals surface area contributed by atoms with Crippen LogP contribution in [0.1, 0.15) is 23.0 Å².